The van der Waals surface area contributed by atoms with Crippen molar-refractivity contribution in [3.63, 3.8) is 0 Å². The van der Waals surface area contributed by atoms with Crippen LogP contribution in [-0.4, -0.2) is 37.4 Å². The van der Waals surface area contributed by atoms with E-state index in [2.05, 4.69) is 28.8 Å². The highest BCUT2D eigenvalue weighted by molar-refractivity contribution is 5.79. The first kappa shape index (κ1) is 22.7. The van der Waals surface area contributed by atoms with Gasteiger partial charge in [-0.3, -0.25) is 19.4 Å². The van der Waals surface area contributed by atoms with Crippen molar-refractivity contribution in [1.82, 2.24) is 19.5 Å². The number of hydrogen-bond acceptors (Lipinski definition) is 7. The van der Waals surface area contributed by atoms with Gasteiger partial charge in [0.2, 0.25) is 5.95 Å². The number of H-pyrrole nitrogens is 1. The Labute approximate surface area is 204 Å². The number of imidazole rings is 1. The summed E-state index contributed by atoms with van der Waals surface area (Å²) in [7, 11) is 0. The van der Waals surface area contributed by atoms with Crippen LogP contribution in [0.2, 0.25) is 0 Å². The number of Topliss-reactive ketones (excluding diaryl/α,β-unsaturated/α-hetero) is 1. The third-order valence-electron chi connectivity index (χ3n) is 10.5. The van der Waals surface area contributed by atoms with Crippen molar-refractivity contribution in [2.45, 2.75) is 84.3 Å². The molecule has 3 N–H and O–H groups in total. The third kappa shape index (κ3) is 3.44. The van der Waals surface area contributed by atoms with Crippen molar-refractivity contribution in [2.24, 2.45) is 34.5 Å². The fraction of sp³-hybridized carbons (Fsp3) is 0.731. The van der Waals surface area contributed by atoms with Crippen molar-refractivity contribution in [3.8, 4) is 0 Å². The Bertz CT molecular complexity index is 1250. The predicted molar refractivity (Wildman–Crippen MR) is 129 cm³/mol. The van der Waals surface area contributed by atoms with Crippen molar-refractivity contribution in [1.29, 1.82) is 0 Å². The van der Waals surface area contributed by atoms with Gasteiger partial charge >= 0.3 is 5.97 Å². The summed E-state index contributed by atoms with van der Waals surface area (Å²) < 4.78 is 7.64. The maximum Gasteiger partial charge on any atom is 0.326 e. The fourth-order valence-electron chi connectivity index (χ4n) is 8.61. The molecule has 2 aromatic rings. The molecule has 0 radical (unpaired) electrons. The number of nitrogens with two attached hydrogens (primary N) is 1. The van der Waals surface area contributed by atoms with E-state index < -0.39 is 5.56 Å². The predicted octanol–water partition coefficient (Wildman–Crippen LogP) is 3.23. The summed E-state index contributed by atoms with van der Waals surface area (Å²) in [6, 6.07) is 0. The highest BCUT2D eigenvalue weighted by atomic mass is 16.5. The Kier molecular flexibility index (Phi) is 5.13. The summed E-state index contributed by atoms with van der Waals surface area (Å²) in [6.07, 6.45) is 10.5. The number of aromatic nitrogens is 4. The lowest BCUT2D eigenvalue weighted by atomic mass is 9.45. The van der Waals surface area contributed by atoms with Gasteiger partial charge < -0.3 is 15.0 Å². The van der Waals surface area contributed by atoms with Crippen molar-refractivity contribution in [2.75, 3.05) is 5.73 Å². The molecule has 0 aliphatic heterocycles. The lowest BCUT2D eigenvalue weighted by Crippen LogP contribution is -2.54. The molecule has 2 aromatic heterocycles. The van der Waals surface area contributed by atoms with Gasteiger partial charge in [0.05, 0.1) is 6.33 Å². The van der Waals surface area contributed by atoms with Crippen LogP contribution in [0.5, 0.6) is 0 Å². The number of fused-ring (bicyclic) bond motifs is 6. The van der Waals surface area contributed by atoms with Gasteiger partial charge in [0.15, 0.2) is 11.2 Å². The summed E-state index contributed by atoms with van der Waals surface area (Å²) in [4.78, 5) is 47.8. The average molecular weight is 482 g/mol. The van der Waals surface area contributed by atoms with Gasteiger partial charge in [0.25, 0.3) is 5.56 Å². The highest BCUT2D eigenvalue weighted by Gasteiger charge is 2.61. The number of carbonyl (C=O) groups excluding carboxylic acids is 2. The summed E-state index contributed by atoms with van der Waals surface area (Å²) in [6.45, 7) is 4.73. The molecule has 1 unspecified atom stereocenters. The molecule has 0 aromatic carbocycles. The number of nitrogens with zero attached hydrogens (tertiary/aromatic N) is 3. The number of carbonyl (C=O) groups is 2. The number of rotatable bonds is 3. The number of anilines is 1. The monoisotopic (exact) mass is 481 g/mol. The number of hydrogen-bond donors (Lipinski definition) is 2. The van der Waals surface area contributed by atoms with Crippen LogP contribution in [0.1, 0.15) is 71.6 Å². The zero-order chi connectivity index (χ0) is 24.5. The minimum atomic E-state index is -0.423. The van der Waals surface area contributed by atoms with Crippen molar-refractivity contribution in [3.05, 3.63) is 16.7 Å². The normalized spacial score (nSPS) is 38.6. The van der Waals surface area contributed by atoms with Crippen LogP contribution in [0.15, 0.2) is 11.1 Å². The Morgan fingerprint density at radius 3 is 2.77 bits per heavy atom. The van der Waals surface area contributed by atoms with Crippen LogP contribution < -0.4 is 11.3 Å². The molecule has 0 saturated heterocycles. The van der Waals surface area contributed by atoms with Gasteiger partial charge in [-0.2, -0.15) is 4.98 Å². The molecule has 4 fully saturated rings. The smallest absolute Gasteiger partial charge is 0.326 e. The summed E-state index contributed by atoms with van der Waals surface area (Å²) in [5, 5.41) is 0. The number of nitrogens with one attached hydrogen (secondary N) is 1. The first-order valence-electron chi connectivity index (χ1n) is 13.1. The molecule has 6 rings (SSSR count). The fourth-order valence-corrected chi connectivity index (χ4v) is 8.61. The van der Waals surface area contributed by atoms with E-state index in [4.69, 9.17) is 10.5 Å². The van der Waals surface area contributed by atoms with E-state index in [-0.39, 0.29) is 46.6 Å². The molecule has 0 bridgehead atoms. The van der Waals surface area contributed by atoms with Gasteiger partial charge in [0.1, 0.15) is 18.4 Å². The molecule has 0 amide bonds. The van der Waals surface area contributed by atoms with Crippen LogP contribution in [0.4, 0.5) is 5.95 Å². The summed E-state index contributed by atoms with van der Waals surface area (Å²) >= 11 is 0. The molecule has 188 valence electrons. The Balaban J connectivity index is 1.17. The van der Waals surface area contributed by atoms with E-state index in [1.165, 1.54) is 17.3 Å². The standard InChI is InChI=1S/C26H35N5O4/c1-25-9-7-15(32)11-14(25)3-4-16-17-5-6-19(26(17,2)10-8-18(16)25)35-20(33)12-31-13-28-21-22(31)29-24(27)30-23(21)34/h13-14,16-19H,3-12H2,1-2H3,(H3,27,29,30,34)/t14-,16-,17-,18-,19?,25-,26-/m0/s1. The molecule has 4 aliphatic rings. The molecule has 0 spiro atoms. The second kappa shape index (κ2) is 7.90. The summed E-state index contributed by atoms with van der Waals surface area (Å²) in [5.41, 5.74) is 5.97. The molecule has 4 aliphatic carbocycles. The van der Waals surface area contributed by atoms with E-state index in [9.17, 15) is 14.4 Å². The van der Waals surface area contributed by atoms with Crippen molar-refractivity contribution >= 4 is 28.9 Å². The largest absolute Gasteiger partial charge is 0.460 e. The number of ether oxygens (including phenoxy) is 1. The van der Waals surface area contributed by atoms with Crippen LogP contribution >= 0.6 is 0 Å². The van der Waals surface area contributed by atoms with Gasteiger partial charge in [-0.15, -0.1) is 0 Å². The Hall–Kier alpha value is -2.71. The second-order valence-electron chi connectivity index (χ2n) is 12.0. The topological polar surface area (TPSA) is 133 Å². The molecule has 7 atom stereocenters. The molecular formula is C26H35N5O4. The second-order valence-corrected chi connectivity index (χ2v) is 12.0. The molecule has 35 heavy (non-hydrogen) atoms. The van der Waals surface area contributed by atoms with Crippen LogP contribution in [0.3, 0.4) is 0 Å². The highest BCUT2D eigenvalue weighted by Crippen LogP contribution is 2.66. The number of aromatic amines is 1. The minimum Gasteiger partial charge on any atom is -0.460 e. The van der Waals surface area contributed by atoms with E-state index in [1.807, 2.05) is 0 Å². The van der Waals surface area contributed by atoms with E-state index in [0.717, 1.165) is 51.4 Å². The molecular weight excluding hydrogens is 446 g/mol. The molecule has 9 nitrogen and oxygen atoms in total. The first-order chi connectivity index (χ1) is 16.7. The Morgan fingerprint density at radius 2 is 1.94 bits per heavy atom. The number of nitrogen functional groups attached to an aromatic ring is 1. The minimum absolute atomic E-state index is 0.00808. The average Bonchev–Trinajstić information content (AvgIpc) is 3.35. The zero-order valence-electron chi connectivity index (χ0n) is 20.6. The van der Waals surface area contributed by atoms with E-state index >= 15 is 0 Å². The lowest BCUT2D eigenvalue weighted by Gasteiger charge is -2.60. The Morgan fingerprint density at radius 1 is 1.14 bits per heavy atom. The molecule has 4 saturated carbocycles. The van der Waals surface area contributed by atoms with Crippen LogP contribution in [0, 0.1) is 34.5 Å². The van der Waals surface area contributed by atoms with Crippen LogP contribution in [-0.2, 0) is 20.9 Å². The quantitative estimate of drug-likeness (QED) is 0.643. The third-order valence-corrected chi connectivity index (χ3v) is 10.5. The van der Waals surface area contributed by atoms with Gasteiger partial charge in [-0.25, -0.2) is 4.98 Å². The maximum atomic E-state index is 13.0. The van der Waals surface area contributed by atoms with Crippen molar-refractivity contribution < 1.29 is 14.3 Å². The van der Waals surface area contributed by atoms with E-state index in [0.29, 0.717) is 29.5 Å². The van der Waals surface area contributed by atoms with Gasteiger partial charge in [-0.1, -0.05) is 13.8 Å². The number of esters is 1. The van der Waals surface area contributed by atoms with Gasteiger partial charge in [-0.05, 0) is 74.0 Å². The molecule has 9 heteroatoms. The van der Waals surface area contributed by atoms with E-state index in [1.54, 1.807) is 0 Å². The first-order valence-corrected chi connectivity index (χ1v) is 13.1. The van der Waals surface area contributed by atoms with Gasteiger partial charge in [0, 0.05) is 18.3 Å². The SMILES string of the molecule is C[C@]12CCC(=O)C[C@@H]1CC[C@@H]1[C@@H]2CC[C@]2(C)C(OC(=O)Cn3cnc4c(=O)[nH]c(N)nc43)CC[C@@H]12. The maximum absolute atomic E-state index is 13.0. The lowest BCUT2D eigenvalue weighted by molar-refractivity contribution is -0.164. The zero-order valence-corrected chi connectivity index (χ0v) is 20.6. The molecule has 2 heterocycles. The summed E-state index contributed by atoms with van der Waals surface area (Å²) in [5.74, 6) is 2.55. The number of ketones is 1. The van der Waals surface area contributed by atoms with Crippen LogP contribution in [0.25, 0.3) is 11.2 Å².